The molecule has 3 N–H and O–H groups in total. The Labute approximate surface area is 92.7 Å². The van der Waals surface area contributed by atoms with Crippen molar-refractivity contribution in [1.29, 1.82) is 0 Å². The molecule has 1 aliphatic rings. The van der Waals surface area contributed by atoms with Crippen molar-refractivity contribution < 1.29 is 19.5 Å². The first-order chi connectivity index (χ1) is 7.42. The molecule has 0 bridgehead atoms. The Hall–Kier alpha value is -1.69. The van der Waals surface area contributed by atoms with Crippen molar-refractivity contribution in [2.24, 2.45) is 5.41 Å². The molecule has 1 saturated heterocycles. The number of amides is 4. The van der Waals surface area contributed by atoms with E-state index in [9.17, 15) is 19.5 Å². The van der Waals surface area contributed by atoms with Crippen molar-refractivity contribution in [3.63, 3.8) is 0 Å². The van der Waals surface area contributed by atoms with Gasteiger partial charge in [0.2, 0.25) is 11.8 Å². The number of carbonyl (C=O) groups is 3. The summed E-state index contributed by atoms with van der Waals surface area (Å²) in [5, 5.41) is 13.4. The van der Waals surface area contributed by atoms with Gasteiger partial charge in [-0.3, -0.25) is 20.2 Å². The Kier molecular flexibility index (Phi) is 3.44. The average molecular weight is 226 g/mol. The topological polar surface area (TPSA) is 95.5 Å². The molecular weight excluding hydrogens is 212 g/mol. The Morgan fingerprint density at radius 2 is 1.88 bits per heavy atom. The number of aliphatic hydroxyl groups excluding tert-OH is 1. The first-order valence-corrected chi connectivity index (χ1v) is 4.88. The fourth-order valence-electron chi connectivity index (χ4n) is 1.78. The van der Waals surface area contributed by atoms with E-state index < -0.39 is 29.4 Å². The highest BCUT2D eigenvalue weighted by atomic mass is 16.3. The van der Waals surface area contributed by atoms with Crippen LogP contribution < -0.4 is 10.6 Å². The lowest BCUT2D eigenvalue weighted by atomic mass is 9.76. The van der Waals surface area contributed by atoms with Crippen molar-refractivity contribution in [3.8, 4) is 0 Å². The predicted molar refractivity (Wildman–Crippen MR) is 55.2 cm³/mol. The van der Waals surface area contributed by atoms with Crippen molar-refractivity contribution >= 4 is 17.8 Å². The molecule has 1 heterocycles. The molecule has 4 amide bonds. The van der Waals surface area contributed by atoms with E-state index in [1.165, 1.54) is 13.0 Å². The van der Waals surface area contributed by atoms with Gasteiger partial charge in [-0.2, -0.15) is 0 Å². The Bertz CT molecular complexity index is 329. The minimum atomic E-state index is -1.44. The van der Waals surface area contributed by atoms with Crippen LogP contribution in [0.15, 0.2) is 12.7 Å². The lowest BCUT2D eigenvalue weighted by Gasteiger charge is -2.33. The summed E-state index contributed by atoms with van der Waals surface area (Å²) in [6.07, 6.45) is 0.606. The van der Waals surface area contributed by atoms with Crippen LogP contribution in [0.3, 0.4) is 0 Å². The van der Waals surface area contributed by atoms with Gasteiger partial charge in [-0.25, -0.2) is 4.79 Å². The maximum atomic E-state index is 11.7. The van der Waals surface area contributed by atoms with Crippen molar-refractivity contribution in [2.45, 2.75) is 25.9 Å². The third-order valence-electron chi connectivity index (χ3n) is 2.46. The standard InChI is InChI=1S/C10H14N2O4/c1-3-4-10(5-6(2)13)7(14)11-9(16)12-8(10)15/h3,6,13H,1,4-5H2,2H3,(H2,11,12,14,15,16)/t6-/m1/s1. The van der Waals surface area contributed by atoms with Gasteiger partial charge in [0.25, 0.3) is 0 Å². The van der Waals surface area contributed by atoms with Crippen LogP contribution in [0.4, 0.5) is 4.79 Å². The summed E-state index contributed by atoms with van der Waals surface area (Å²) < 4.78 is 0. The number of carbonyl (C=O) groups excluding carboxylic acids is 3. The lowest BCUT2D eigenvalue weighted by Crippen LogP contribution is -2.62. The maximum Gasteiger partial charge on any atom is 0.328 e. The molecule has 0 radical (unpaired) electrons. The molecule has 1 fully saturated rings. The van der Waals surface area contributed by atoms with Crippen molar-refractivity contribution in [2.75, 3.05) is 0 Å². The largest absolute Gasteiger partial charge is 0.393 e. The van der Waals surface area contributed by atoms with Crippen LogP contribution >= 0.6 is 0 Å². The fraction of sp³-hybridized carbons (Fsp3) is 0.500. The van der Waals surface area contributed by atoms with Crippen LogP contribution in [-0.2, 0) is 9.59 Å². The van der Waals surface area contributed by atoms with Crippen LogP contribution in [0.5, 0.6) is 0 Å². The SMILES string of the molecule is C=CCC1(C[C@@H](C)O)C(=O)NC(=O)NC1=O. The third kappa shape index (κ3) is 2.11. The minimum absolute atomic E-state index is 0.0516. The molecule has 0 spiro atoms. The Balaban J connectivity index is 3.05. The van der Waals surface area contributed by atoms with E-state index in [-0.39, 0.29) is 12.8 Å². The Morgan fingerprint density at radius 1 is 1.38 bits per heavy atom. The Morgan fingerprint density at radius 3 is 2.25 bits per heavy atom. The van der Waals surface area contributed by atoms with Gasteiger partial charge in [-0.15, -0.1) is 6.58 Å². The smallest absolute Gasteiger partial charge is 0.328 e. The molecule has 6 nitrogen and oxygen atoms in total. The van der Waals surface area contributed by atoms with Crippen molar-refractivity contribution in [1.82, 2.24) is 10.6 Å². The van der Waals surface area contributed by atoms with E-state index in [0.717, 1.165) is 0 Å². The number of aliphatic hydroxyl groups is 1. The maximum absolute atomic E-state index is 11.7. The molecule has 0 saturated carbocycles. The fourth-order valence-corrected chi connectivity index (χ4v) is 1.78. The van der Waals surface area contributed by atoms with Crippen LogP contribution in [-0.4, -0.2) is 29.1 Å². The number of allylic oxidation sites excluding steroid dienone is 1. The van der Waals surface area contributed by atoms with Gasteiger partial charge in [-0.05, 0) is 19.8 Å². The van der Waals surface area contributed by atoms with Crippen LogP contribution in [0, 0.1) is 5.41 Å². The zero-order valence-electron chi connectivity index (χ0n) is 8.95. The first kappa shape index (κ1) is 12.4. The molecule has 16 heavy (non-hydrogen) atoms. The summed E-state index contributed by atoms with van der Waals surface area (Å²) in [5.41, 5.74) is -1.44. The molecule has 0 aliphatic carbocycles. The van der Waals surface area contributed by atoms with Gasteiger partial charge >= 0.3 is 6.03 Å². The number of urea groups is 1. The molecule has 1 atom stereocenters. The quantitative estimate of drug-likeness (QED) is 0.452. The molecular formula is C10H14N2O4. The number of rotatable bonds is 4. The molecule has 0 unspecified atom stereocenters. The second-order valence-corrected chi connectivity index (χ2v) is 3.87. The predicted octanol–water partition coefficient (Wildman–Crippen LogP) is -0.314. The van der Waals surface area contributed by atoms with Crippen LogP contribution in [0.2, 0.25) is 0 Å². The number of barbiturate groups is 1. The van der Waals surface area contributed by atoms with E-state index in [2.05, 4.69) is 6.58 Å². The monoisotopic (exact) mass is 226 g/mol. The molecule has 0 aromatic rings. The molecule has 1 aliphatic heterocycles. The molecule has 1 rings (SSSR count). The summed E-state index contributed by atoms with van der Waals surface area (Å²) in [4.78, 5) is 34.3. The van der Waals surface area contributed by atoms with Gasteiger partial charge in [-0.1, -0.05) is 6.08 Å². The highest BCUT2D eigenvalue weighted by molar-refractivity contribution is 6.19. The van der Waals surface area contributed by atoms with Gasteiger partial charge in [0.15, 0.2) is 0 Å². The van der Waals surface area contributed by atoms with Gasteiger partial charge in [0.1, 0.15) is 5.41 Å². The lowest BCUT2D eigenvalue weighted by molar-refractivity contribution is -0.146. The average Bonchev–Trinajstić information content (AvgIpc) is 2.13. The summed E-state index contributed by atoms with van der Waals surface area (Å²) >= 11 is 0. The van der Waals surface area contributed by atoms with E-state index in [0.29, 0.717) is 0 Å². The molecule has 6 heteroatoms. The zero-order valence-corrected chi connectivity index (χ0v) is 8.95. The van der Waals surface area contributed by atoms with Crippen LogP contribution in [0.1, 0.15) is 19.8 Å². The van der Waals surface area contributed by atoms with E-state index in [4.69, 9.17) is 0 Å². The number of hydrogen-bond donors (Lipinski definition) is 3. The van der Waals surface area contributed by atoms with Crippen molar-refractivity contribution in [3.05, 3.63) is 12.7 Å². The molecule has 88 valence electrons. The van der Waals surface area contributed by atoms with Gasteiger partial charge in [0.05, 0.1) is 6.10 Å². The van der Waals surface area contributed by atoms with E-state index >= 15 is 0 Å². The van der Waals surface area contributed by atoms with Gasteiger partial charge in [0, 0.05) is 0 Å². The minimum Gasteiger partial charge on any atom is -0.393 e. The first-order valence-electron chi connectivity index (χ1n) is 4.88. The summed E-state index contributed by atoms with van der Waals surface area (Å²) in [5.74, 6) is -1.39. The summed E-state index contributed by atoms with van der Waals surface area (Å²) in [6, 6.07) is -0.833. The number of hydrogen-bond acceptors (Lipinski definition) is 4. The molecule has 0 aromatic heterocycles. The van der Waals surface area contributed by atoms with E-state index in [1.54, 1.807) is 0 Å². The van der Waals surface area contributed by atoms with Gasteiger partial charge < -0.3 is 5.11 Å². The second-order valence-electron chi connectivity index (χ2n) is 3.87. The zero-order chi connectivity index (χ0) is 12.3. The normalized spacial score (nSPS) is 21.0. The highest BCUT2D eigenvalue weighted by Crippen LogP contribution is 2.31. The third-order valence-corrected chi connectivity index (χ3v) is 2.46. The number of imide groups is 2. The van der Waals surface area contributed by atoms with Crippen LogP contribution in [0.25, 0.3) is 0 Å². The summed E-state index contributed by atoms with van der Waals surface area (Å²) in [7, 11) is 0. The van der Waals surface area contributed by atoms with E-state index in [1.807, 2.05) is 10.6 Å². The summed E-state index contributed by atoms with van der Waals surface area (Å²) in [6.45, 7) is 4.94. The highest BCUT2D eigenvalue weighted by Gasteiger charge is 2.49. The second kappa shape index (κ2) is 4.44. The number of nitrogens with one attached hydrogen (secondary N) is 2. The molecule has 0 aromatic carbocycles.